The van der Waals surface area contributed by atoms with Gasteiger partial charge >= 0.3 is 24.3 Å². The van der Waals surface area contributed by atoms with Gasteiger partial charge in [0.25, 0.3) is 0 Å². The molecule has 0 aromatic heterocycles. The van der Waals surface area contributed by atoms with Gasteiger partial charge in [-0.25, -0.2) is 4.79 Å². The number of carbonyl (C=O) groups is 5. The van der Waals surface area contributed by atoms with E-state index in [4.69, 9.17) is 10.8 Å². The molecular weight excluding hydrogens is 664 g/mol. The van der Waals surface area contributed by atoms with E-state index in [-0.39, 0.29) is 25.0 Å². The first-order valence-electron chi connectivity index (χ1n) is 16.5. The maximum Gasteiger partial charge on any atom is 0.417 e. The lowest BCUT2D eigenvalue weighted by atomic mass is 10.00. The molecule has 49 heavy (non-hydrogen) atoms. The van der Waals surface area contributed by atoms with Crippen molar-refractivity contribution in [1.29, 1.82) is 0 Å². The molecule has 1 aromatic rings. The van der Waals surface area contributed by atoms with Gasteiger partial charge in [0, 0.05) is 12.8 Å². The molecule has 0 bridgehead atoms. The monoisotopic (exact) mass is 711 g/mol. The topological polar surface area (TPSA) is 165 Å². The van der Waals surface area contributed by atoms with Gasteiger partial charge < -0.3 is 26.2 Å². The van der Waals surface area contributed by atoms with E-state index in [1.54, 1.807) is 0 Å². The second-order valence-corrected chi connectivity index (χ2v) is 11.7. The van der Waals surface area contributed by atoms with Gasteiger partial charge in [-0.3, -0.25) is 19.2 Å². The number of halogens is 6. The van der Waals surface area contributed by atoms with Crippen molar-refractivity contribution in [2.24, 2.45) is 5.73 Å². The molecule has 16 heteroatoms. The number of amides is 2. The Balaban J connectivity index is 2.98. The average molecular weight is 712 g/mol. The third-order valence-electron chi connectivity index (χ3n) is 7.68. The van der Waals surface area contributed by atoms with Gasteiger partial charge in [-0.2, -0.15) is 26.3 Å². The van der Waals surface area contributed by atoms with Gasteiger partial charge in [-0.1, -0.05) is 64.4 Å². The highest BCUT2D eigenvalue weighted by Gasteiger charge is 2.43. The smallest absolute Gasteiger partial charge is 0.417 e. The van der Waals surface area contributed by atoms with Crippen molar-refractivity contribution in [1.82, 2.24) is 10.6 Å². The maximum absolute atomic E-state index is 13.5. The number of ether oxygens (including phenoxy) is 1. The number of Topliss-reactive ketones (excluding diaryl/α,β-unsaturated/α-hetero) is 1. The molecule has 0 aliphatic heterocycles. The Morgan fingerprint density at radius 1 is 0.755 bits per heavy atom. The minimum Gasteiger partial charge on any atom is -0.481 e. The lowest BCUT2D eigenvalue weighted by Gasteiger charge is -2.23. The lowest BCUT2D eigenvalue weighted by molar-refractivity contribution is -0.144. The first-order valence-corrected chi connectivity index (χ1v) is 16.5. The molecule has 10 nitrogen and oxygen atoms in total. The zero-order chi connectivity index (χ0) is 37.0. The van der Waals surface area contributed by atoms with Crippen LogP contribution in [0.3, 0.4) is 0 Å². The van der Waals surface area contributed by atoms with Crippen molar-refractivity contribution in [3.8, 4) is 0 Å². The maximum atomic E-state index is 13.5. The summed E-state index contributed by atoms with van der Waals surface area (Å²) >= 11 is 0. The Bertz CT molecular complexity index is 1190. The number of esters is 1. The van der Waals surface area contributed by atoms with Gasteiger partial charge in [0.05, 0.1) is 22.7 Å². The molecular formula is C33H47F6N3O7. The summed E-state index contributed by atoms with van der Waals surface area (Å²) in [5.74, 6) is -5.98. The summed E-state index contributed by atoms with van der Waals surface area (Å²) in [6.07, 6.45) is -1.61. The molecule has 0 aliphatic carbocycles. The lowest BCUT2D eigenvalue weighted by Crippen LogP contribution is -2.52. The number of alkyl halides is 6. The summed E-state index contributed by atoms with van der Waals surface area (Å²) in [6, 6.07) is -1.86. The summed E-state index contributed by atoms with van der Waals surface area (Å²) in [7, 11) is 0. The fraction of sp³-hybridized carbons (Fsp3) is 0.667. The normalized spacial score (nSPS) is 13.0. The molecule has 0 aliphatic rings. The number of carboxylic acids is 1. The SMILES string of the molecule is CCCCCCCCCCCC(=O)N[C@@H](CCCCN)C(=O)N[C@@H](CCC(=O)O)C(=O)COC(=O)c1c(C(F)(F)F)cccc1C(F)(F)F. The van der Waals surface area contributed by atoms with E-state index in [1.165, 1.54) is 12.8 Å². The van der Waals surface area contributed by atoms with Crippen molar-refractivity contribution >= 4 is 29.5 Å². The number of aliphatic carboxylic acids is 1. The number of carbonyl (C=O) groups excluding carboxylic acids is 4. The molecule has 0 unspecified atom stereocenters. The molecule has 0 heterocycles. The number of ketones is 1. The Labute approximate surface area is 281 Å². The number of rotatable bonds is 24. The van der Waals surface area contributed by atoms with Crippen LogP contribution in [0.5, 0.6) is 0 Å². The number of hydrogen-bond donors (Lipinski definition) is 4. The molecule has 5 N–H and O–H groups in total. The van der Waals surface area contributed by atoms with Crippen molar-refractivity contribution in [2.45, 2.75) is 128 Å². The third kappa shape index (κ3) is 17.0. The standard InChI is InChI=1S/C33H47F6N3O7/c1-2-3-4-5-6-7-8-9-10-17-27(44)41-25(16-11-12-20-40)30(47)42-24(18-19-28(45)46)26(43)21-49-31(48)29-22(32(34,35)36)14-13-15-23(29)33(37,38)39/h13-15,24-25H,2-12,16-21,40H2,1H3,(H,41,44)(H,42,47)(H,45,46)/t24-,25-/m0/s1. The summed E-state index contributed by atoms with van der Waals surface area (Å²) in [4.78, 5) is 62.6. The highest BCUT2D eigenvalue weighted by Crippen LogP contribution is 2.39. The molecule has 0 fully saturated rings. The Hall–Kier alpha value is -3.69. The largest absolute Gasteiger partial charge is 0.481 e. The fourth-order valence-electron chi connectivity index (χ4n) is 5.03. The predicted molar refractivity (Wildman–Crippen MR) is 167 cm³/mol. The molecule has 2 amide bonds. The van der Waals surface area contributed by atoms with Crippen molar-refractivity contribution in [3.05, 3.63) is 34.9 Å². The van der Waals surface area contributed by atoms with Crippen LogP contribution in [0.1, 0.15) is 125 Å². The number of carboxylic acid groups (broad SMARTS) is 1. The van der Waals surface area contributed by atoms with Crippen LogP contribution in [-0.2, 0) is 36.3 Å². The second-order valence-electron chi connectivity index (χ2n) is 11.7. The van der Waals surface area contributed by atoms with Crippen molar-refractivity contribution in [3.63, 3.8) is 0 Å². The number of hydrogen-bond acceptors (Lipinski definition) is 7. The number of nitrogens with one attached hydrogen (secondary N) is 2. The molecule has 0 spiro atoms. The average Bonchev–Trinajstić information content (AvgIpc) is 3.02. The van der Waals surface area contributed by atoms with Crippen LogP contribution >= 0.6 is 0 Å². The summed E-state index contributed by atoms with van der Waals surface area (Å²) in [5, 5.41) is 14.0. The first-order chi connectivity index (χ1) is 23.0. The molecule has 278 valence electrons. The van der Waals surface area contributed by atoms with Crippen LogP contribution in [-0.4, -0.2) is 59.9 Å². The first kappa shape index (κ1) is 43.3. The van der Waals surface area contributed by atoms with Crippen LogP contribution in [0.4, 0.5) is 26.3 Å². The molecule has 1 rings (SSSR count). The van der Waals surface area contributed by atoms with Gasteiger partial charge in [0.15, 0.2) is 12.4 Å². The number of nitrogens with two attached hydrogens (primary N) is 1. The van der Waals surface area contributed by atoms with Crippen LogP contribution in [0.15, 0.2) is 18.2 Å². The van der Waals surface area contributed by atoms with E-state index in [2.05, 4.69) is 22.3 Å². The van der Waals surface area contributed by atoms with E-state index >= 15 is 0 Å². The van der Waals surface area contributed by atoms with Gasteiger partial charge in [-0.05, 0) is 50.8 Å². The second kappa shape index (κ2) is 22.1. The van der Waals surface area contributed by atoms with Crippen LogP contribution < -0.4 is 16.4 Å². The molecule has 2 atom stereocenters. The van der Waals surface area contributed by atoms with Crippen molar-refractivity contribution in [2.75, 3.05) is 13.2 Å². The highest BCUT2D eigenvalue weighted by atomic mass is 19.4. The highest BCUT2D eigenvalue weighted by molar-refractivity contribution is 5.97. The fourth-order valence-corrected chi connectivity index (χ4v) is 5.03. The van der Waals surface area contributed by atoms with E-state index in [0.29, 0.717) is 31.9 Å². The summed E-state index contributed by atoms with van der Waals surface area (Å²) < 4.78 is 85.5. The predicted octanol–water partition coefficient (Wildman–Crippen LogP) is 6.33. The van der Waals surface area contributed by atoms with Crippen LogP contribution in [0.25, 0.3) is 0 Å². The Morgan fingerprint density at radius 2 is 1.31 bits per heavy atom. The van der Waals surface area contributed by atoms with E-state index in [9.17, 15) is 50.3 Å². The Morgan fingerprint density at radius 3 is 1.82 bits per heavy atom. The number of unbranched alkanes of at least 4 members (excludes halogenated alkanes) is 9. The number of benzene rings is 1. The van der Waals surface area contributed by atoms with E-state index in [1.807, 2.05) is 0 Å². The molecule has 0 saturated carbocycles. The third-order valence-corrected chi connectivity index (χ3v) is 7.68. The van der Waals surface area contributed by atoms with Gasteiger partial charge in [0.2, 0.25) is 11.8 Å². The minimum absolute atomic E-state index is 0.107. The van der Waals surface area contributed by atoms with E-state index in [0.717, 1.165) is 38.5 Å². The van der Waals surface area contributed by atoms with Gasteiger partial charge in [-0.15, -0.1) is 0 Å². The van der Waals surface area contributed by atoms with Crippen LogP contribution in [0.2, 0.25) is 0 Å². The van der Waals surface area contributed by atoms with E-state index < -0.39 is 90.1 Å². The summed E-state index contributed by atoms with van der Waals surface area (Å²) in [5.41, 5.74) is -0.192. The van der Waals surface area contributed by atoms with Gasteiger partial charge in [0.1, 0.15) is 6.04 Å². The molecule has 1 aromatic carbocycles. The minimum atomic E-state index is -5.38. The summed E-state index contributed by atoms with van der Waals surface area (Å²) in [6.45, 7) is 1.05. The van der Waals surface area contributed by atoms with Crippen molar-refractivity contribution < 1.29 is 60.2 Å². The molecule has 0 radical (unpaired) electrons. The quantitative estimate of drug-likeness (QED) is 0.0549. The van der Waals surface area contributed by atoms with Crippen LogP contribution in [0, 0.1) is 0 Å². The zero-order valence-corrected chi connectivity index (χ0v) is 27.6. The molecule has 0 saturated heterocycles. The Kier molecular flexibility index (Phi) is 19.6. The zero-order valence-electron chi connectivity index (χ0n) is 27.6.